The van der Waals surface area contributed by atoms with E-state index in [-0.39, 0.29) is 12.0 Å². The van der Waals surface area contributed by atoms with E-state index in [1.54, 1.807) is 11.3 Å². The molecule has 1 aromatic heterocycles. The molecule has 0 amide bonds. The Morgan fingerprint density at radius 3 is 3.05 bits per heavy atom. The van der Waals surface area contributed by atoms with Gasteiger partial charge in [-0.25, -0.2) is 4.79 Å². The summed E-state index contributed by atoms with van der Waals surface area (Å²) < 4.78 is 6.30. The first-order valence-corrected chi connectivity index (χ1v) is 8.20. The van der Waals surface area contributed by atoms with Gasteiger partial charge in [0.05, 0.1) is 10.4 Å². The molecule has 0 radical (unpaired) electrons. The fourth-order valence-electron chi connectivity index (χ4n) is 2.27. The van der Waals surface area contributed by atoms with Crippen LogP contribution in [-0.2, 0) is 9.53 Å². The summed E-state index contributed by atoms with van der Waals surface area (Å²) in [7, 11) is 0. The summed E-state index contributed by atoms with van der Waals surface area (Å²) in [6, 6.07) is 3.73. The van der Waals surface area contributed by atoms with E-state index < -0.39 is 0 Å². The molecule has 1 saturated heterocycles. The number of ether oxygens (including phenoxy) is 1. The normalized spacial score (nSPS) is 18.8. The van der Waals surface area contributed by atoms with Crippen LogP contribution in [0.2, 0.25) is 0 Å². The minimum absolute atomic E-state index is 0.140. The molecule has 4 nitrogen and oxygen atoms in total. The lowest BCUT2D eigenvalue weighted by Crippen LogP contribution is -2.37. The molecule has 106 valence electrons. The van der Waals surface area contributed by atoms with Gasteiger partial charge in [0.2, 0.25) is 0 Å². The average Bonchev–Trinajstić information content (AvgIpc) is 2.65. The number of esters is 1. The number of rotatable bonds is 4. The van der Waals surface area contributed by atoms with Crippen LogP contribution in [-0.4, -0.2) is 43.7 Å². The van der Waals surface area contributed by atoms with Crippen molar-refractivity contribution in [1.29, 1.82) is 0 Å². The molecule has 0 bridgehead atoms. The number of nitrogens with zero attached hydrogens (tertiary/aromatic N) is 1. The topological polar surface area (TPSA) is 41.6 Å². The van der Waals surface area contributed by atoms with Crippen LogP contribution >= 0.6 is 27.3 Å². The van der Waals surface area contributed by atoms with Gasteiger partial charge in [0, 0.05) is 24.5 Å². The summed E-state index contributed by atoms with van der Waals surface area (Å²) >= 11 is 5.07. The first-order valence-electron chi connectivity index (χ1n) is 6.59. The zero-order chi connectivity index (χ0) is 13.7. The Bertz CT molecular complexity index is 417. The molecule has 19 heavy (non-hydrogen) atoms. The Hall–Kier alpha value is -0.430. The zero-order valence-corrected chi connectivity index (χ0v) is 13.4. The highest BCUT2D eigenvalue weighted by molar-refractivity contribution is 9.11. The van der Waals surface area contributed by atoms with E-state index >= 15 is 0 Å². The molecule has 1 aromatic rings. The third kappa shape index (κ3) is 4.02. The van der Waals surface area contributed by atoms with E-state index in [1.165, 1.54) is 0 Å². The van der Waals surface area contributed by atoms with E-state index in [0.29, 0.717) is 6.61 Å². The van der Waals surface area contributed by atoms with E-state index in [2.05, 4.69) is 26.1 Å². The monoisotopic (exact) mass is 346 g/mol. The highest BCUT2D eigenvalue weighted by atomic mass is 79.9. The lowest BCUT2D eigenvalue weighted by atomic mass is 10.2. The van der Waals surface area contributed by atoms with Gasteiger partial charge < -0.3 is 10.1 Å². The van der Waals surface area contributed by atoms with Gasteiger partial charge in [-0.2, -0.15) is 0 Å². The number of carbonyl (C=O) groups excluding carboxylic acids is 1. The van der Waals surface area contributed by atoms with Gasteiger partial charge in [-0.3, -0.25) is 4.90 Å². The van der Waals surface area contributed by atoms with Gasteiger partial charge in [0.15, 0.2) is 0 Å². The molecule has 2 rings (SSSR count). The average molecular weight is 347 g/mol. The smallest absolute Gasteiger partial charge is 0.328 e. The highest BCUT2D eigenvalue weighted by Gasteiger charge is 2.30. The maximum absolute atomic E-state index is 12.3. The maximum Gasteiger partial charge on any atom is 0.328 e. The van der Waals surface area contributed by atoms with Crippen molar-refractivity contribution < 1.29 is 9.53 Å². The largest absolute Gasteiger partial charge is 0.465 e. The number of halogens is 1. The Morgan fingerprint density at radius 1 is 1.53 bits per heavy atom. The minimum Gasteiger partial charge on any atom is -0.465 e. The number of carbonyl (C=O) groups is 1. The summed E-state index contributed by atoms with van der Waals surface area (Å²) in [6.07, 6.45) is 1.06. The van der Waals surface area contributed by atoms with Crippen LogP contribution in [0, 0.1) is 0 Å². The van der Waals surface area contributed by atoms with Crippen molar-refractivity contribution in [2.24, 2.45) is 0 Å². The molecule has 1 atom stereocenters. The lowest BCUT2D eigenvalue weighted by molar-refractivity contribution is -0.149. The second-order valence-electron chi connectivity index (χ2n) is 4.44. The second-order valence-corrected chi connectivity index (χ2v) is 6.93. The van der Waals surface area contributed by atoms with Crippen LogP contribution in [0.3, 0.4) is 0 Å². The van der Waals surface area contributed by atoms with E-state index in [9.17, 15) is 4.79 Å². The molecular formula is C13H19BrN2O2S. The van der Waals surface area contributed by atoms with Crippen molar-refractivity contribution >= 4 is 33.2 Å². The summed E-state index contributed by atoms with van der Waals surface area (Å²) in [5.41, 5.74) is 0. The number of nitrogens with one attached hydrogen (secondary N) is 1. The zero-order valence-electron chi connectivity index (χ0n) is 11.0. The first kappa shape index (κ1) is 15.0. The van der Waals surface area contributed by atoms with Crippen LogP contribution in [0.1, 0.15) is 24.3 Å². The summed E-state index contributed by atoms with van der Waals surface area (Å²) in [4.78, 5) is 15.5. The Kier molecular flexibility index (Phi) is 5.81. The molecule has 6 heteroatoms. The van der Waals surface area contributed by atoms with Crippen LogP contribution in [0.15, 0.2) is 15.9 Å². The van der Waals surface area contributed by atoms with E-state index in [0.717, 1.165) is 41.3 Å². The first-order chi connectivity index (χ1) is 9.22. The SMILES string of the molecule is CCOC(=O)C(c1ccc(Br)s1)N1CCCNCC1. The fourth-order valence-corrected chi connectivity index (χ4v) is 3.81. The standard InChI is InChI=1S/C13H19BrN2O2S/c1-2-18-13(17)12(10-4-5-11(14)19-10)16-8-3-6-15-7-9-16/h4-5,12,15H,2-3,6-9H2,1H3. The molecular weight excluding hydrogens is 328 g/mol. The summed E-state index contributed by atoms with van der Waals surface area (Å²) in [6.45, 7) is 6.00. The number of hydrogen-bond acceptors (Lipinski definition) is 5. The maximum atomic E-state index is 12.3. The van der Waals surface area contributed by atoms with Gasteiger partial charge in [-0.1, -0.05) is 0 Å². The van der Waals surface area contributed by atoms with Crippen molar-refractivity contribution in [3.05, 3.63) is 20.8 Å². The highest BCUT2D eigenvalue weighted by Crippen LogP contribution is 2.32. The van der Waals surface area contributed by atoms with Crippen molar-refractivity contribution in [2.45, 2.75) is 19.4 Å². The van der Waals surface area contributed by atoms with E-state index in [1.807, 2.05) is 19.1 Å². The number of thiophene rings is 1. The van der Waals surface area contributed by atoms with Crippen LogP contribution < -0.4 is 5.32 Å². The van der Waals surface area contributed by atoms with Crippen molar-refractivity contribution in [3.63, 3.8) is 0 Å². The molecule has 1 unspecified atom stereocenters. The van der Waals surface area contributed by atoms with Gasteiger partial charge in [-0.15, -0.1) is 11.3 Å². The molecule has 0 aromatic carbocycles. The lowest BCUT2D eigenvalue weighted by Gasteiger charge is -2.27. The van der Waals surface area contributed by atoms with Crippen LogP contribution in [0.4, 0.5) is 0 Å². The molecule has 2 heterocycles. The number of hydrogen-bond donors (Lipinski definition) is 1. The molecule has 1 fully saturated rings. The fraction of sp³-hybridized carbons (Fsp3) is 0.615. The minimum atomic E-state index is -0.267. The Balaban J connectivity index is 2.19. The third-order valence-electron chi connectivity index (χ3n) is 3.11. The second kappa shape index (κ2) is 7.38. The molecule has 1 N–H and O–H groups in total. The van der Waals surface area contributed by atoms with Gasteiger partial charge in [0.1, 0.15) is 6.04 Å². The Morgan fingerprint density at radius 2 is 2.37 bits per heavy atom. The summed E-state index contributed by atoms with van der Waals surface area (Å²) in [5.74, 6) is -0.140. The predicted molar refractivity (Wildman–Crippen MR) is 80.5 cm³/mol. The third-order valence-corrected chi connectivity index (χ3v) is 4.79. The van der Waals surface area contributed by atoms with Gasteiger partial charge in [-0.05, 0) is 48.0 Å². The molecule has 0 saturated carbocycles. The van der Waals surface area contributed by atoms with Crippen LogP contribution in [0.25, 0.3) is 0 Å². The quantitative estimate of drug-likeness (QED) is 0.850. The summed E-state index contributed by atoms with van der Waals surface area (Å²) in [5, 5.41) is 3.36. The molecule has 0 spiro atoms. The van der Waals surface area contributed by atoms with E-state index in [4.69, 9.17) is 4.74 Å². The van der Waals surface area contributed by atoms with Crippen LogP contribution in [0.5, 0.6) is 0 Å². The molecule has 1 aliphatic heterocycles. The van der Waals surface area contributed by atoms with Crippen molar-refractivity contribution in [2.75, 3.05) is 32.8 Å². The molecule has 0 aliphatic carbocycles. The Labute approximate surface area is 126 Å². The molecule has 1 aliphatic rings. The predicted octanol–water partition coefficient (Wildman–Crippen LogP) is 2.41. The van der Waals surface area contributed by atoms with Gasteiger partial charge in [0.25, 0.3) is 0 Å². The van der Waals surface area contributed by atoms with Gasteiger partial charge >= 0.3 is 5.97 Å². The van der Waals surface area contributed by atoms with Crippen molar-refractivity contribution in [1.82, 2.24) is 10.2 Å². The van der Waals surface area contributed by atoms with Crippen molar-refractivity contribution in [3.8, 4) is 0 Å².